The summed E-state index contributed by atoms with van der Waals surface area (Å²) in [5.41, 5.74) is 7.04. The van der Waals surface area contributed by atoms with Gasteiger partial charge in [-0.25, -0.2) is 0 Å². The molecule has 1 unspecified atom stereocenters. The fourth-order valence-corrected chi connectivity index (χ4v) is 2.37. The molecule has 0 radical (unpaired) electrons. The Morgan fingerprint density at radius 3 is 2.84 bits per heavy atom. The molecule has 0 spiro atoms. The van der Waals surface area contributed by atoms with Crippen LogP contribution in [0.15, 0.2) is 23.4 Å². The Bertz CT molecular complexity index is 440. The third-order valence-corrected chi connectivity index (χ3v) is 3.60. The monoisotopic (exact) mass is 286 g/mol. The van der Waals surface area contributed by atoms with Crippen molar-refractivity contribution < 1.29 is 20.2 Å². The highest BCUT2D eigenvalue weighted by atomic mass is 32.2. The van der Waals surface area contributed by atoms with Gasteiger partial charge in [0.05, 0.1) is 25.4 Å². The first-order valence-electron chi connectivity index (χ1n) is 5.63. The lowest BCUT2D eigenvalue weighted by Crippen LogP contribution is -2.15. The lowest BCUT2D eigenvalue weighted by molar-refractivity contribution is 0.113. The fourth-order valence-electron chi connectivity index (χ4n) is 1.46. The highest BCUT2D eigenvalue weighted by Crippen LogP contribution is 2.23. The van der Waals surface area contributed by atoms with Gasteiger partial charge in [0.25, 0.3) is 0 Å². The van der Waals surface area contributed by atoms with Gasteiger partial charge in [0.1, 0.15) is 5.75 Å². The van der Waals surface area contributed by atoms with Crippen LogP contribution < -0.4 is 10.5 Å². The molecule has 1 aromatic carbocycles. The number of ether oxygens (including phenoxy) is 1. The van der Waals surface area contributed by atoms with Crippen LogP contribution in [0.1, 0.15) is 11.1 Å². The Labute approximate surface area is 115 Å². The molecule has 0 heterocycles. The van der Waals surface area contributed by atoms with Crippen molar-refractivity contribution in [1.82, 2.24) is 0 Å². The first-order chi connectivity index (χ1) is 9.12. The molecule has 1 aromatic rings. The van der Waals surface area contributed by atoms with Crippen molar-refractivity contribution in [2.45, 2.75) is 11.9 Å². The number of amidine groups is 1. The average molecular weight is 286 g/mol. The number of benzene rings is 1. The second-order valence-electron chi connectivity index (χ2n) is 3.87. The van der Waals surface area contributed by atoms with Gasteiger partial charge in [-0.1, -0.05) is 11.2 Å². The van der Waals surface area contributed by atoms with E-state index in [1.54, 1.807) is 12.1 Å². The van der Waals surface area contributed by atoms with Crippen LogP contribution in [0.3, 0.4) is 0 Å². The van der Waals surface area contributed by atoms with Gasteiger partial charge in [0, 0.05) is 11.5 Å². The van der Waals surface area contributed by atoms with Crippen molar-refractivity contribution in [1.29, 1.82) is 0 Å². The molecule has 0 bridgehead atoms. The van der Waals surface area contributed by atoms with E-state index in [4.69, 9.17) is 20.8 Å². The Morgan fingerprint density at radius 1 is 1.53 bits per heavy atom. The maximum atomic E-state index is 9.23. The number of rotatable bonds is 7. The molecule has 5 N–H and O–H groups in total. The van der Waals surface area contributed by atoms with E-state index in [0.717, 1.165) is 5.56 Å². The van der Waals surface area contributed by atoms with Gasteiger partial charge in [-0.3, -0.25) is 0 Å². The number of hydrogen-bond acceptors (Lipinski definition) is 6. The van der Waals surface area contributed by atoms with Gasteiger partial charge in [-0.2, -0.15) is 11.8 Å². The van der Waals surface area contributed by atoms with E-state index in [0.29, 0.717) is 22.8 Å². The molecule has 7 heteroatoms. The van der Waals surface area contributed by atoms with E-state index in [9.17, 15) is 5.11 Å². The maximum absolute atomic E-state index is 9.23. The molecule has 1 rings (SSSR count). The number of aliphatic hydroxyl groups is 2. The molecule has 0 aromatic heterocycles. The molecule has 0 saturated heterocycles. The zero-order valence-electron chi connectivity index (χ0n) is 10.6. The quantitative estimate of drug-likeness (QED) is 0.250. The number of oxime groups is 1. The molecule has 0 saturated carbocycles. The van der Waals surface area contributed by atoms with E-state index in [-0.39, 0.29) is 12.4 Å². The lowest BCUT2D eigenvalue weighted by atomic mass is 10.1. The molecule has 0 aliphatic carbocycles. The number of aliphatic hydroxyl groups excluding tert-OH is 2. The first kappa shape index (κ1) is 15.6. The van der Waals surface area contributed by atoms with Crippen LogP contribution >= 0.6 is 11.8 Å². The first-order valence-corrected chi connectivity index (χ1v) is 6.79. The van der Waals surface area contributed by atoms with Crippen molar-refractivity contribution in [3.05, 3.63) is 29.3 Å². The Kier molecular flexibility index (Phi) is 6.48. The van der Waals surface area contributed by atoms with Crippen molar-refractivity contribution in [3.63, 3.8) is 0 Å². The minimum atomic E-state index is -0.705. The summed E-state index contributed by atoms with van der Waals surface area (Å²) in [4.78, 5) is 0. The summed E-state index contributed by atoms with van der Waals surface area (Å²) in [6.07, 6.45) is -0.705. The van der Waals surface area contributed by atoms with E-state index < -0.39 is 6.10 Å². The maximum Gasteiger partial charge on any atom is 0.173 e. The Balaban J connectivity index is 2.72. The van der Waals surface area contributed by atoms with E-state index in [1.807, 2.05) is 6.07 Å². The van der Waals surface area contributed by atoms with E-state index >= 15 is 0 Å². The summed E-state index contributed by atoms with van der Waals surface area (Å²) in [5.74, 6) is 1.65. The molecule has 6 nitrogen and oxygen atoms in total. The molecule has 19 heavy (non-hydrogen) atoms. The number of nitrogens with two attached hydrogens (primary N) is 1. The lowest BCUT2D eigenvalue weighted by Gasteiger charge is -2.10. The minimum Gasteiger partial charge on any atom is -0.496 e. The van der Waals surface area contributed by atoms with E-state index in [2.05, 4.69) is 5.16 Å². The zero-order valence-corrected chi connectivity index (χ0v) is 11.4. The van der Waals surface area contributed by atoms with E-state index in [1.165, 1.54) is 18.9 Å². The average Bonchev–Trinajstić information content (AvgIpc) is 2.45. The SMILES string of the molecule is COc1cc(CSCC(O)CO)ccc1/C(N)=N/O. The summed E-state index contributed by atoms with van der Waals surface area (Å²) in [7, 11) is 1.51. The Hall–Kier alpha value is -1.44. The fraction of sp³-hybridized carbons (Fsp3) is 0.417. The molecule has 0 fully saturated rings. The van der Waals surface area contributed by atoms with Crippen molar-refractivity contribution in [2.24, 2.45) is 10.9 Å². The highest BCUT2D eigenvalue weighted by molar-refractivity contribution is 7.98. The van der Waals surface area contributed by atoms with Crippen LogP contribution in [-0.2, 0) is 5.75 Å². The summed E-state index contributed by atoms with van der Waals surface area (Å²) >= 11 is 1.50. The largest absolute Gasteiger partial charge is 0.496 e. The number of thioether (sulfide) groups is 1. The molecular weight excluding hydrogens is 268 g/mol. The summed E-state index contributed by atoms with van der Waals surface area (Å²) in [6, 6.07) is 5.35. The Morgan fingerprint density at radius 2 is 2.26 bits per heavy atom. The number of methoxy groups -OCH3 is 1. The zero-order chi connectivity index (χ0) is 14.3. The van der Waals surface area contributed by atoms with Crippen LogP contribution in [-0.4, -0.2) is 46.8 Å². The molecule has 0 aliphatic heterocycles. The van der Waals surface area contributed by atoms with Crippen LogP contribution in [0.5, 0.6) is 5.75 Å². The molecular formula is C12H18N2O4S. The van der Waals surface area contributed by atoms with Gasteiger partial charge >= 0.3 is 0 Å². The number of hydrogen-bond donors (Lipinski definition) is 4. The van der Waals surface area contributed by atoms with Crippen LogP contribution in [0.25, 0.3) is 0 Å². The van der Waals surface area contributed by atoms with Crippen LogP contribution in [0, 0.1) is 0 Å². The highest BCUT2D eigenvalue weighted by Gasteiger charge is 2.09. The standard InChI is InChI=1S/C12H18N2O4S/c1-18-11-4-8(6-19-7-9(16)5-15)2-3-10(11)12(13)14-17/h2-4,9,15-17H,5-7H2,1H3,(H2,13,14). The topological polar surface area (TPSA) is 108 Å². The van der Waals surface area contributed by atoms with Crippen molar-refractivity contribution in [2.75, 3.05) is 19.5 Å². The summed E-state index contributed by atoms with van der Waals surface area (Å²) in [5, 5.41) is 29.5. The third-order valence-electron chi connectivity index (χ3n) is 2.44. The summed E-state index contributed by atoms with van der Waals surface area (Å²) < 4.78 is 5.19. The predicted molar refractivity (Wildman–Crippen MR) is 74.8 cm³/mol. The smallest absolute Gasteiger partial charge is 0.173 e. The summed E-state index contributed by atoms with van der Waals surface area (Å²) in [6.45, 7) is -0.237. The molecule has 0 amide bonds. The predicted octanol–water partition coefficient (Wildman–Crippen LogP) is 0.376. The van der Waals surface area contributed by atoms with Gasteiger partial charge < -0.3 is 25.9 Å². The molecule has 0 aliphatic rings. The molecule has 106 valence electrons. The van der Waals surface area contributed by atoms with Crippen molar-refractivity contribution >= 4 is 17.6 Å². The van der Waals surface area contributed by atoms with Crippen LogP contribution in [0.2, 0.25) is 0 Å². The number of nitrogens with zero attached hydrogens (tertiary/aromatic N) is 1. The van der Waals surface area contributed by atoms with Gasteiger partial charge in [0.15, 0.2) is 5.84 Å². The van der Waals surface area contributed by atoms with Gasteiger partial charge in [-0.15, -0.1) is 0 Å². The van der Waals surface area contributed by atoms with Crippen LogP contribution in [0.4, 0.5) is 0 Å². The van der Waals surface area contributed by atoms with Gasteiger partial charge in [0.2, 0.25) is 0 Å². The molecule has 1 atom stereocenters. The van der Waals surface area contributed by atoms with Gasteiger partial charge in [-0.05, 0) is 17.7 Å². The van der Waals surface area contributed by atoms with Crippen molar-refractivity contribution in [3.8, 4) is 5.75 Å². The minimum absolute atomic E-state index is 0.00763. The normalized spacial score (nSPS) is 13.3. The third kappa shape index (κ3) is 4.62. The second-order valence-corrected chi connectivity index (χ2v) is 4.90. The second kappa shape index (κ2) is 7.88.